The molecule has 2 aliphatic heterocycles. The third-order valence-electron chi connectivity index (χ3n) is 4.58. The Bertz CT molecular complexity index is 755. The largest absolute Gasteiger partial charge is 0.340 e. The number of nitrogens with zero attached hydrogens (tertiary/aromatic N) is 4. The predicted molar refractivity (Wildman–Crippen MR) is 87.2 cm³/mol. The van der Waals surface area contributed by atoms with E-state index in [4.69, 9.17) is 0 Å². The number of nitro groups is 1. The van der Waals surface area contributed by atoms with Crippen LogP contribution in [0, 0.1) is 10.1 Å². The Labute approximate surface area is 143 Å². The number of likely N-dealkylation sites (N-methyl/N-ethyl adjacent to an activating group) is 1. The molecule has 25 heavy (non-hydrogen) atoms. The molecule has 0 spiro atoms. The van der Waals surface area contributed by atoms with Gasteiger partial charge in [-0.3, -0.25) is 29.4 Å². The van der Waals surface area contributed by atoms with Crippen LogP contribution in [0.3, 0.4) is 0 Å². The molecule has 132 valence electrons. The maximum atomic E-state index is 12.4. The quantitative estimate of drug-likeness (QED) is 0.443. The molecule has 3 rings (SSSR count). The molecule has 1 aromatic carbocycles. The van der Waals surface area contributed by atoms with E-state index < -0.39 is 16.7 Å². The molecule has 0 unspecified atom stereocenters. The Balaban J connectivity index is 1.69. The lowest BCUT2D eigenvalue weighted by Gasteiger charge is -2.32. The number of imide groups is 1. The van der Waals surface area contributed by atoms with Gasteiger partial charge in [-0.15, -0.1) is 0 Å². The second-order valence-corrected chi connectivity index (χ2v) is 6.15. The minimum absolute atomic E-state index is 0.0168. The van der Waals surface area contributed by atoms with E-state index in [9.17, 15) is 24.5 Å². The van der Waals surface area contributed by atoms with Gasteiger partial charge in [-0.1, -0.05) is 6.07 Å². The van der Waals surface area contributed by atoms with Crippen molar-refractivity contribution < 1.29 is 19.3 Å². The van der Waals surface area contributed by atoms with Crippen molar-refractivity contribution in [2.45, 2.75) is 6.42 Å². The summed E-state index contributed by atoms with van der Waals surface area (Å²) in [5.74, 6) is -1.42. The summed E-state index contributed by atoms with van der Waals surface area (Å²) < 4.78 is 0. The SMILES string of the molecule is CN1CCN(C(=O)CCN2C(=O)c3cccc([N+](=O)[O-])c3C2=O)CC1. The molecule has 2 heterocycles. The van der Waals surface area contributed by atoms with Crippen molar-refractivity contribution in [2.24, 2.45) is 0 Å². The highest BCUT2D eigenvalue weighted by Gasteiger charge is 2.40. The number of hydrogen-bond acceptors (Lipinski definition) is 6. The maximum Gasteiger partial charge on any atom is 0.282 e. The van der Waals surface area contributed by atoms with Gasteiger partial charge in [-0.25, -0.2) is 0 Å². The molecule has 2 aliphatic rings. The first-order valence-corrected chi connectivity index (χ1v) is 8.00. The van der Waals surface area contributed by atoms with E-state index in [0.717, 1.165) is 18.0 Å². The van der Waals surface area contributed by atoms with Crippen molar-refractivity contribution in [2.75, 3.05) is 39.8 Å². The number of rotatable bonds is 4. The number of benzene rings is 1. The number of amides is 3. The van der Waals surface area contributed by atoms with Crippen LogP contribution in [0.15, 0.2) is 18.2 Å². The third kappa shape index (κ3) is 3.10. The molecule has 9 heteroatoms. The van der Waals surface area contributed by atoms with E-state index in [-0.39, 0.29) is 35.7 Å². The lowest BCUT2D eigenvalue weighted by molar-refractivity contribution is -0.385. The number of hydrogen-bond donors (Lipinski definition) is 0. The van der Waals surface area contributed by atoms with Crippen LogP contribution in [0.1, 0.15) is 27.1 Å². The van der Waals surface area contributed by atoms with Crippen molar-refractivity contribution in [3.8, 4) is 0 Å². The van der Waals surface area contributed by atoms with Gasteiger partial charge in [0.05, 0.1) is 10.5 Å². The molecule has 0 N–H and O–H groups in total. The van der Waals surface area contributed by atoms with Gasteiger partial charge in [0.25, 0.3) is 17.5 Å². The number of nitro benzene ring substituents is 1. The van der Waals surface area contributed by atoms with Crippen LogP contribution >= 0.6 is 0 Å². The van der Waals surface area contributed by atoms with Crippen molar-refractivity contribution in [3.63, 3.8) is 0 Å². The fourth-order valence-corrected chi connectivity index (χ4v) is 3.09. The Kier molecular flexibility index (Phi) is 4.49. The Morgan fingerprint density at radius 1 is 1.16 bits per heavy atom. The third-order valence-corrected chi connectivity index (χ3v) is 4.58. The zero-order valence-electron chi connectivity index (χ0n) is 13.8. The van der Waals surface area contributed by atoms with Crippen molar-refractivity contribution in [1.29, 1.82) is 0 Å². The van der Waals surface area contributed by atoms with Crippen LogP contribution < -0.4 is 0 Å². The van der Waals surface area contributed by atoms with Crippen molar-refractivity contribution >= 4 is 23.4 Å². The van der Waals surface area contributed by atoms with Gasteiger partial charge in [-0.2, -0.15) is 0 Å². The van der Waals surface area contributed by atoms with E-state index in [1.807, 2.05) is 7.05 Å². The standard InChI is InChI=1S/C16H18N4O5/c1-17-7-9-18(10-8-17)13(21)5-6-19-15(22)11-3-2-4-12(20(24)25)14(11)16(19)23/h2-4H,5-10H2,1H3. The molecule has 1 saturated heterocycles. The fraction of sp³-hybridized carbons (Fsp3) is 0.438. The first-order valence-electron chi connectivity index (χ1n) is 8.00. The lowest BCUT2D eigenvalue weighted by Crippen LogP contribution is -2.48. The van der Waals surface area contributed by atoms with Gasteiger partial charge in [0, 0.05) is 45.2 Å². The number of carbonyl (C=O) groups is 3. The summed E-state index contributed by atoms with van der Waals surface area (Å²) in [7, 11) is 1.98. The van der Waals surface area contributed by atoms with Crippen LogP contribution in [0.5, 0.6) is 0 Å². The smallest absolute Gasteiger partial charge is 0.282 e. The van der Waals surface area contributed by atoms with Gasteiger partial charge in [0.15, 0.2) is 0 Å². The van der Waals surface area contributed by atoms with Crippen molar-refractivity contribution in [3.05, 3.63) is 39.4 Å². The van der Waals surface area contributed by atoms with E-state index >= 15 is 0 Å². The van der Waals surface area contributed by atoms with Crippen LogP contribution in [0.4, 0.5) is 5.69 Å². The average molecular weight is 346 g/mol. The highest BCUT2D eigenvalue weighted by atomic mass is 16.6. The van der Waals surface area contributed by atoms with E-state index in [1.54, 1.807) is 4.90 Å². The Morgan fingerprint density at radius 2 is 1.84 bits per heavy atom. The van der Waals surface area contributed by atoms with Gasteiger partial charge < -0.3 is 9.80 Å². The Morgan fingerprint density at radius 3 is 2.48 bits per heavy atom. The summed E-state index contributed by atoms with van der Waals surface area (Å²) in [5, 5.41) is 11.1. The van der Waals surface area contributed by atoms with Crippen LogP contribution in [-0.4, -0.2) is 77.1 Å². The second-order valence-electron chi connectivity index (χ2n) is 6.15. The second kappa shape index (κ2) is 6.60. The Hall–Kier alpha value is -2.81. The molecule has 0 aliphatic carbocycles. The topological polar surface area (TPSA) is 104 Å². The minimum atomic E-state index is -0.710. The first-order chi connectivity index (χ1) is 11.9. The molecule has 0 bridgehead atoms. The summed E-state index contributed by atoms with van der Waals surface area (Å²) in [6.45, 7) is 2.72. The normalized spacial score (nSPS) is 17.8. The maximum absolute atomic E-state index is 12.4. The van der Waals surface area contributed by atoms with Gasteiger partial charge in [0.2, 0.25) is 5.91 Å². The van der Waals surface area contributed by atoms with Crippen LogP contribution in [0.25, 0.3) is 0 Å². The number of fused-ring (bicyclic) bond motifs is 1. The number of piperazine rings is 1. The van der Waals surface area contributed by atoms with E-state index in [1.165, 1.54) is 18.2 Å². The number of carbonyl (C=O) groups excluding carboxylic acids is 3. The van der Waals surface area contributed by atoms with Crippen molar-refractivity contribution in [1.82, 2.24) is 14.7 Å². The molecular weight excluding hydrogens is 328 g/mol. The zero-order chi connectivity index (χ0) is 18.1. The van der Waals surface area contributed by atoms with E-state index in [2.05, 4.69) is 4.90 Å². The van der Waals surface area contributed by atoms with Gasteiger partial charge >= 0.3 is 0 Å². The minimum Gasteiger partial charge on any atom is -0.340 e. The van der Waals surface area contributed by atoms with Crippen LogP contribution in [-0.2, 0) is 4.79 Å². The molecule has 0 radical (unpaired) electrons. The van der Waals surface area contributed by atoms with Gasteiger partial charge in [0.1, 0.15) is 5.56 Å². The fourth-order valence-electron chi connectivity index (χ4n) is 3.09. The molecule has 0 aromatic heterocycles. The average Bonchev–Trinajstić information content (AvgIpc) is 2.84. The molecule has 1 aromatic rings. The highest BCUT2D eigenvalue weighted by Crippen LogP contribution is 2.30. The summed E-state index contributed by atoms with van der Waals surface area (Å²) in [6, 6.07) is 3.97. The molecule has 0 saturated carbocycles. The lowest BCUT2D eigenvalue weighted by atomic mass is 10.1. The highest BCUT2D eigenvalue weighted by molar-refractivity contribution is 6.23. The predicted octanol–water partition coefficient (Wildman–Crippen LogP) is 0.355. The summed E-state index contributed by atoms with van der Waals surface area (Å²) >= 11 is 0. The summed E-state index contributed by atoms with van der Waals surface area (Å²) in [5.41, 5.74) is -0.556. The molecule has 0 atom stereocenters. The molecule has 1 fully saturated rings. The first kappa shape index (κ1) is 17.0. The summed E-state index contributed by atoms with van der Waals surface area (Å²) in [6.07, 6.45) is 0.0168. The van der Waals surface area contributed by atoms with E-state index in [0.29, 0.717) is 13.1 Å². The van der Waals surface area contributed by atoms with Crippen LogP contribution in [0.2, 0.25) is 0 Å². The molecular formula is C16H18N4O5. The molecule has 3 amide bonds. The summed E-state index contributed by atoms with van der Waals surface area (Å²) in [4.78, 5) is 52.2. The monoisotopic (exact) mass is 346 g/mol. The molecule has 9 nitrogen and oxygen atoms in total. The van der Waals surface area contributed by atoms with Gasteiger partial charge in [-0.05, 0) is 13.1 Å². The zero-order valence-corrected chi connectivity index (χ0v) is 13.8.